The predicted molar refractivity (Wildman–Crippen MR) is 174 cm³/mol. The van der Waals surface area contributed by atoms with Crippen molar-refractivity contribution >= 4 is 26.0 Å². The number of β-lactam (4-membered cyclic amide) rings is 1. The van der Waals surface area contributed by atoms with Crippen LogP contribution in [0.2, 0.25) is 18.1 Å². The third-order valence-corrected chi connectivity index (χ3v) is 13.9. The van der Waals surface area contributed by atoms with Gasteiger partial charge in [-0.15, -0.1) is 0 Å². The number of nitrogens with zero attached hydrogens (tertiary/aromatic N) is 2. The van der Waals surface area contributed by atoms with Gasteiger partial charge in [0.1, 0.15) is 23.2 Å². The zero-order valence-electron chi connectivity index (χ0n) is 27.0. The van der Waals surface area contributed by atoms with E-state index in [0.29, 0.717) is 44.7 Å². The summed E-state index contributed by atoms with van der Waals surface area (Å²) in [5.41, 5.74) is 1.53. The van der Waals surface area contributed by atoms with Crippen LogP contribution in [0.5, 0.6) is 5.75 Å². The number of amides is 2. The molecule has 2 amide bonds. The molecule has 2 unspecified atom stereocenters. The number of nitrogens with one attached hydrogen (secondary N) is 1. The Bertz CT molecular complexity index is 1540. The predicted octanol–water partition coefficient (Wildman–Crippen LogP) is 7.76. The van der Waals surface area contributed by atoms with Crippen LogP contribution in [0.3, 0.4) is 0 Å². The topological polar surface area (TPSA) is 71.1 Å². The highest BCUT2D eigenvalue weighted by Crippen LogP contribution is 2.48. The van der Waals surface area contributed by atoms with Crippen molar-refractivity contribution in [1.82, 2.24) is 10.2 Å². The third kappa shape index (κ3) is 7.32. The second kappa shape index (κ2) is 13.6. The Morgan fingerprint density at radius 3 is 2.15 bits per heavy atom. The fourth-order valence-electron chi connectivity index (χ4n) is 5.73. The Balaban J connectivity index is 1.41. The van der Waals surface area contributed by atoms with E-state index < -0.39 is 44.1 Å². The van der Waals surface area contributed by atoms with E-state index in [4.69, 9.17) is 9.16 Å². The number of carbonyl (C=O) groups is 2. The lowest BCUT2D eigenvalue weighted by Gasteiger charge is -2.48. The van der Waals surface area contributed by atoms with E-state index in [1.807, 2.05) is 0 Å². The number of benzene rings is 3. The van der Waals surface area contributed by atoms with Gasteiger partial charge in [-0.2, -0.15) is 0 Å². The van der Waals surface area contributed by atoms with E-state index in [0.717, 1.165) is 5.56 Å². The van der Waals surface area contributed by atoms with Gasteiger partial charge >= 0.3 is 6.09 Å². The van der Waals surface area contributed by atoms with Crippen molar-refractivity contribution in [2.45, 2.75) is 63.9 Å². The summed E-state index contributed by atoms with van der Waals surface area (Å²) in [7, 11) is -2.27. The van der Waals surface area contributed by atoms with Gasteiger partial charge in [0.05, 0.1) is 18.1 Å². The summed E-state index contributed by atoms with van der Waals surface area (Å²) in [4.78, 5) is 29.4. The molecule has 0 aliphatic carbocycles. The molecule has 2 heterocycles. The van der Waals surface area contributed by atoms with Crippen molar-refractivity contribution in [2.75, 3.05) is 31.1 Å². The average Bonchev–Trinajstić information content (AvgIpc) is 3.01. The van der Waals surface area contributed by atoms with E-state index in [1.165, 1.54) is 53.4 Å². The monoisotopic (exact) mass is 653 g/mol. The van der Waals surface area contributed by atoms with Gasteiger partial charge < -0.3 is 24.3 Å². The highest BCUT2D eigenvalue weighted by molar-refractivity contribution is 6.74. The van der Waals surface area contributed by atoms with E-state index in [2.05, 4.69) is 39.2 Å². The molecule has 3 aromatic rings. The van der Waals surface area contributed by atoms with Crippen LogP contribution in [0.1, 0.15) is 56.9 Å². The largest absolute Gasteiger partial charge is 0.415 e. The van der Waals surface area contributed by atoms with Gasteiger partial charge in [-0.25, -0.2) is 18.0 Å². The van der Waals surface area contributed by atoms with Gasteiger partial charge in [-0.05, 0) is 79.0 Å². The molecule has 2 fully saturated rings. The summed E-state index contributed by atoms with van der Waals surface area (Å²) in [6.45, 7) is 13.0. The number of hydrogen-bond acceptors (Lipinski definition) is 5. The lowest BCUT2D eigenvalue weighted by Crippen LogP contribution is -2.55. The van der Waals surface area contributed by atoms with Crippen LogP contribution in [-0.2, 0) is 9.22 Å². The fourth-order valence-corrected chi connectivity index (χ4v) is 7.05. The van der Waals surface area contributed by atoms with E-state index >= 15 is 4.39 Å². The first-order chi connectivity index (χ1) is 21.7. The first kappa shape index (κ1) is 33.7. The van der Waals surface area contributed by atoms with Gasteiger partial charge in [0.15, 0.2) is 8.32 Å². The second-order valence-electron chi connectivity index (χ2n) is 13.5. The van der Waals surface area contributed by atoms with Crippen molar-refractivity contribution in [1.29, 1.82) is 0 Å². The molecule has 2 saturated heterocycles. The van der Waals surface area contributed by atoms with Crippen molar-refractivity contribution in [2.24, 2.45) is 5.92 Å². The Morgan fingerprint density at radius 1 is 0.957 bits per heavy atom. The van der Waals surface area contributed by atoms with E-state index in [9.17, 15) is 18.4 Å². The minimum absolute atomic E-state index is 0.0689. The van der Waals surface area contributed by atoms with Crippen LogP contribution in [0, 0.1) is 23.4 Å². The Labute approximate surface area is 269 Å². The molecule has 0 saturated carbocycles. The summed E-state index contributed by atoms with van der Waals surface area (Å²) in [5.74, 6) is -2.16. The minimum Gasteiger partial charge on any atom is -0.410 e. The van der Waals surface area contributed by atoms with Gasteiger partial charge in [0.25, 0.3) is 0 Å². The quantitative estimate of drug-likeness (QED) is 0.189. The lowest BCUT2D eigenvalue weighted by molar-refractivity contribution is -0.131. The molecule has 3 aromatic carbocycles. The summed E-state index contributed by atoms with van der Waals surface area (Å²) >= 11 is 0. The Hall–Kier alpha value is -3.67. The Kier molecular flexibility index (Phi) is 9.95. The molecule has 7 nitrogen and oxygen atoms in total. The highest BCUT2D eigenvalue weighted by Gasteiger charge is 2.50. The summed E-state index contributed by atoms with van der Waals surface area (Å²) in [6, 6.07) is 15.3. The number of anilines is 1. The third-order valence-electron chi connectivity index (χ3n) is 9.41. The maximum Gasteiger partial charge on any atom is 0.415 e. The summed E-state index contributed by atoms with van der Waals surface area (Å²) in [6.07, 6.45) is -0.125. The molecule has 3 atom stereocenters. The molecular weight excluding hydrogens is 611 g/mol. The molecule has 11 heteroatoms. The van der Waals surface area contributed by atoms with Crippen LogP contribution >= 0.6 is 0 Å². The van der Waals surface area contributed by atoms with Gasteiger partial charge in [0, 0.05) is 43.5 Å². The van der Waals surface area contributed by atoms with Crippen molar-refractivity contribution < 1.29 is 31.9 Å². The summed E-state index contributed by atoms with van der Waals surface area (Å²) < 4.78 is 55.7. The molecule has 1 N–H and O–H groups in total. The van der Waals surface area contributed by atoms with Crippen LogP contribution < -0.4 is 15.0 Å². The normalized spacial score (nSPS) is 19.5. The molecule has 0 spiro atoms. The van der Waals surface area contributed by atoms with Crippen LogP contribution in [0.25, 0.3) is 0 Å². The Morgan fingerprint density at radius 2 is 1.57 bits per heavy atom. The SMILES string of the molecule is CC(C)(C)[Si](C)(C)O[C@@H](CCC1C(=O)N(c2ccc(F)cc2)C1c1ccc(OC(=O)N2CCNCC2)cc1F)c1ccc(F)cc1. The van der Waals surface area contributed by atoms with Gasteiger partial charge in [-0.1, -0.05) is 39.0 Å². The van der Waals surface area contributed by atoms with Gasteiger partial charge in [0.2, 0.25) is 5.91 Å². The van der Waals surface area contributed by atoms with Gasteiger partial charge in [-0.3, -0.25) is 4.79 Å². The summed E-state index contributed by atoms with van der Waals surface area (Å²) in [5, 5.41) is 3.08. The van der Waals surface area contributed by atoms with Crippen molar-refractivity contribution in [3.63, 3.8) is 0 Å². The molecule has 0 aromatic heterocycles. The van der Waals surface area contributed by atoms with Crippen molar-refractivity contribution in [3.8, 4) is 5.75 Å². The first-order valence-electron chi connectivity index (χ1n) is 15.7. The molecule has 2 aliphatic heterocycles. The average molecular weight is 654 g/mol. The van der Waals surface area contributed by atoms with Crippen LogP contribution in [0.4, 0.5) is 23.7 Å². The molecule has 0 bridgehead atoms. The highest BCUT2D eigenvalue weighted by atomic mass is 28.4. The number of rotatable bonds is 9. The van der Waals surface area contributed by atoms with Crippen molar-refractivity contribution in [3.05, 3.63) is 95.3 Å². The van der Waals surface area contributed by atoms with E-state index in [-0.39, 0.29) is 28.1 Å². The zero-order chi connectivity index (χ0) is 33.2. The molecule has 46 heavy (non-hydrogen) atoms. The van der Waals surface area contributed by atoms with Crippen LogP contribution in [-0.4, -0.2) is 51.4 Å². The number of hydrogen-bond donors (Lipinski definition) is 1. The number of halogens is 3. The first-order valence-corrected chi connectivity index (χ1v) is 18.6. The standard InChI is InChI=1S/C35H42F3N3O4Si/c1-35(2,3)46(4,5)45-31(23-6-8-24(36)9-7-23)17-16-29-32(41(33(29)42)26-12-10-25(37)11-13-26)28-15-14-27(22-30(28)38)44-34(43)40-20-18-39-19-21-40/h6-15,22,29,31-32,39H,16-21H2,1-5H3/t29?,31-,32?/m0/s1. The zero-order valence-corrected chi connectivity index (χ0v) is 28.0. The number of carbonyl (C=O) groups excluding carboxylic acids is 2. The second-order valence-corrected chi connectivity index (χ2v) is 18.3. The smallest absolute Gasteiger partial charge is 0.410 e. The molecule has 246 valence electrons. The lowest BCUT2D eigenvalue weighted by atomic mass is 9.78. The molecule has 0 radical (unpaired) electrons. The maximum absolute atomic E-state index is 15.9. The number of ether oxygens (including phenoxy) is 1. The molecule has 5 rings (SSSR count). The molecular formula is C35H42F3N3O4Si. The van der Waals surface area contributed by atoms with Crippen LogP contribution in [0.15, 0.2) is 66.7 Å². The van der Waals surface area contributed by atoms with E-state index in [1.54, 1.807) is 23.1 Å². The maximum atomic E-state index is 15.9. The number of piperazine rings is 1. The fraction of sp³-hybridized carbons (Fsp3) is 0.429. The minimum atomic E-state index is -2.27. The molecule has 2 aliphatic rings.